The molecule has 2 atom stereocenters. The minimum atomic E-state index is -0.0248. The standard InChI is InChI=1S/C21H35N3O/c1-14(2)18-9-7-17(8-10-18)12-22-19-11-20(21(25)23-15(3)4)24(13-19)16(5)6/h7-10,14-16,19-20,22H,11-13H2,1-6H3,(H,23,25)/t19-,20+/m1/s1. The average Bonchev–Trinajstić information content (AvgIpc) is 2.97. The van der Waals surface area contributed by atoms with Crippen LogP contribution in [0.15, 0.2) is 24.3 Å². The van der Waals surface area contributed by atoms with E-state index in [4.69, 9.17) is 0 Å². The molecule has 1 aromatic carbocycles. The maximum Gasteiger partial charge on any atom is 0.237 e. The summed E-state index contributed by atoms with van der Waals surface area (Å²) in [5.74, 6) is 0.728. The Bertz CT molecular complexity index is 551. The van der Waals surface area contributed by atoms with E-state index in [1.54, 1.807) is 0 Å². The van der Waals surface area contributed by atoms with Crippen LogP contribution >= 0.6 is 0 Å². The SMILES string of the molecule is CC(C)NC(=O)[C@@H]1C[C@@H](NCc2ccc(C(C)C)cc2)CN1C(C)C. The summed E-state index contributed by atoms with van der Waals surface area (Å²) in [6, 6.07) is 9.75. The molecule has 4 nitrogen and oxygen atoms in total. The van der Waals surface area contributed by atoms with E-state index in [-0.39, 0.29) is 18.0 Å². The monoisotopic (exact) mass is 345 g/mol. The molecule has 0 unspecified atom stereocenters. The van der Waals surface area contributed by atoms with Gasteiger partial charge in [-0.1, -0.05) is 38.1 Å². The highest BCUT2D eigenvalue weighted by atomic mass is 16.2. The second kappa shape index (κ2) is 8.81. The van der Waals surface area contributed by atoms with E-state index in [0.717, 1.165) is 19.5 Å². The van der Waals surface area contributed by atoms with Crippen molar-refractivity contribution in [2.45, 2.75) is 84.6 Å². The molecule has 1 heterocycles. The van der Waals surface area contributed by atoms with Crippen LogP contribution < -0.4 is 10.6 Å². The summed E-state index contributed by atoms with van der Waals surface area (Å²) < 4.78 is 0. The summed E-state index contributed by atoms with van der Waals surface area (Å²) in [4.78, 5) is 14.8. The van der Waals surface area contributed by atoms with Gasteiger partial charge in [0.05, 0.1) is 6.04 Å². The second-order valence-corrected chi connectivity index (χ2v) is 8.18. The Morgan fingerprint density at radius 2 is 1.76 bits per heavy atom. The Hall–Kier alpha value is -1.39. The summed E-state index contributed by atoms with van der Waals surface area (Å²) in [6.07, 6.45) is 0.876. The molecule has 0 saturated carbocycles. The minimum absolute atomic E-state index is 0.0248. The predicted molar refractivity (Wildman–Crippen MR) is 105 cm³/mol. The smallest absolute Gasteiger partial charge is 0.237 e. The molecular weight excluding hydrogens is 310 g/mol. The van der Waals surface area contributed by atoms with Crippen molar-refractivity contribution in [3.63, 3.8) is 0 Å². The molecule has 140 valence electrons. The Morgan fingerprint density at radius 3 is 2.28 bits per heavy atom. The van der Waals surface area contributed by atoms with Gasteiger partial charge in [-0.25, -0.2) is 0 Å². The first kappa shape index (κ1) is 19.9. The Kier molecular flexibility index (Phi) is 7.03. The number of benzene rings is 1. The second-order valence-electron chi connectivity index (χ2n) is 8.18. The fourth-order valence-corrected chi connectivity index (χ4v) is 3.50. The Balaban J connectivity index is 1.93. The lowest BCUT2D eigenvalue weighted by Gasteiger charge is -2.27. The van der Waals surface area contributed by atoms with Crippen molar-refractivity contribution in [1.82, 2.24) is 15.5 Å². The number of amides is 1. The zero-order chi connectivity index (χ0) is 18.6. The number of nitrogens with one attached hydrogen (secondary N) is 2. The molecular formula is C21H35N3O. The van der Waals surface area contributed by atoms with Gasteiger partial charge in [0.15, 0.2) is 0 Å². The van der Waals surface area contributed by atoms with Gasteiger partial charge in [0.25, 0.3) is 0 Å². The fourth-order valence-electron chi connectivity index (χ4n) is 3.50. The van der Waals surface area contributed by atoms with Gasteiger partial charge in [0.1, 0.15) is 0 Å². The first-order valence-electron chi connectivity index (χ1n) is 9.66. The maximum absolute atomic E-state index is 12.5. The third-order valence-corrected chi connectivity index (χ3v) is 4.98. The number of carbonyl (C=O) groups excluding carboxylic acids is 1. The summed E-state index contributed by atoms with van der Waals surface area (Å²) in [5.41, 5.74) is 2.68. The fraction of sp³-hybridized carbons (Fsp3) is 0.667. The van der Waals surface area contributed by atoms with E-state index >= 15 is 0 Å². The minimum Gasteiger partial charge on any atom is -0.353 e. The van der Waals surface area contributed by atoms with Crippen LogP contribution in [-0.4, -0.2) is 41.5 Å². The largest absolute Gasteiger partial charge is 0.353 e. The molecule has 2 N–H and O–H groups in total. The summed E-state index contributed by atoms with van der Waals surface area (Å²) >= 11 is 0. The highest BCUT2D eigenvalue weighted by molar-refractivity contribution is 5.82. The number of nitrogens with zero attached hydrogens (tertiary/aromatic N) is 1. The topological polar surface area (TPSA) is 44.4 Å². The van der Waals surface area contributed by atoms with Crippen molar-refractivity contribution in [3.05, 3.63) is 35.4 Å². The average molecular weight is 346 g/mol. The van der Waals surface area contributed by atoms with E-state index < -0.39 is 0 Å². The quantitative estimate of drug-likeness (QED) is 0.797. The van der Waals surface area contributed by atoms with Crippen LogP contribution in [0, 0.1) is 0 Å². The van der Waals surface area contributed by atoms with Crippen molar-refractivity contribution in [1.29, 1.82) is 0 Å². The van der Waals surface area contributed by atoms with Crippen LogP contribution in [0.25, 0.3) is 0 Å². The lowest BCUT2D eigenvalue weighted by Crippen LogP contribution is -2.47. The highest BCUT2D eigenvalue weighted by Gasteiger charge is 2.37. The molecule has 1 aliphatic rings. The van der Waals surface area contributed by atoms with Gasteiger partial charge >= 0.3 is 0 Å². The van der Waals surface area contributed by atoms with Crippen molar-refractivity contribution < 1.29 is 4.79 Å². The molecule has 25 heavy (non-hydrogen) atoms. The third kappa shape index (κ3) is 5.55. The van der Waals surface area contributed by atoms with E-state index in [1.165, 1.54) is 11.1 Å². The molecule has 0 aliphatic carbocycles. The summed E-state index contributed by atoms with van der Waals surface area (Å²) in [5, 5.41) is 6.72. The first-order valence-corrected chi connectivity index (χ1v) is 9.66. The molecule has 2 rings (SSSR count). The van der Waals surface area contributed by atoms with Crippen molar-refractivity contribution in [3.8, 4) is 0 Å². The number of rotatable bonds is 7. The van der Waals surface area contributed by atoms with Crippen LogP contribution in [0.2, 0.25) is 0 Å². The van der Waals surface area contributed by atoms with Crippen LogP contribution in [0.3, 0.4) is 0 Å². The lowest BCUT2D eigenvalue weighted by molar-refractivity contribution is -0.126. The van der Waals surface area contributed by atoms with Crippen LogP contribution in [0.1, 0.15) is 65.0 Å². The van der Waals surface area contributed by atoms with Gasteiger partial charge in [-0.15, -0.1) is 0 Å². The third-order valence-electron chi connectivity index (χ3n) is 4.98. The molecule has 1 saturated heterocycles. The molecule has 0 spiro atoms. The normalized spacial score (nSPS) is 21.5. The zero-order valence-corrected chi connectivity index (χ0v) is 16.7. The van der Waals surface area contributed by atoms with Gasteiger partial charge in [-0.2, -0.15) is 0 Å². The van der Waals surface area contributed by atoms with E-state index in [2.05, 4.69) is 67.5 Å². The molecule has 0 aromatic heterocycles. The Labute approximate surface area is 153 Å². The van der Waals surface area contributed by atoms with Gasteiger partial charge in [0, 0.05) is 31.2 Å². The van der Waals surface area contributed by atoms with Gasteiger partial charge < -0.3 is 10.6 Å². The van der Waals surface area contributed by atoms with E-state index in [0.29, 0.717) is 18.0 Å². The van der Waals surface area contributed by atoms with Crippen molar-refractivity contribution >= 4 is 5.91 Å². The van der Waals surface area contributed by atoms with Crippen molar-refractivity contribution in [2.75, 3.05) is 6.54 Å². The van der Waals surface area contributed by atoms with Gasteiger partial charge in [-0.05, 0) is 51.2 Å². The highest BCUT2D eigenvalue weighted by Crippen LogP contribution is 2.22. The van der Waals surface area contributed by atoms with Crippen molar-refractivity contribution in [2.24, 2.45) is 0 Å². The van der Waals surface area contributed by atoms with Gasteiger partial charge in [-0.3, -0.25) is 9.69 Å². The zero-order valence-electron chi connectivity index (χ0n) is 16.7. The van der Waals surface area contributed by atoms with E-state index in [1.807, 2.05) is 13.8 Å². The van der Waals surface area contributed by atoms with Crippen LogP contribution in [0.4, 0.5) is 0 Å². The number of likely N-dealkylation sites (tertiary alicyclic amines) is 1. The summed E-state index contributed by atoms with van der Waals surface area (Å²) in [7, 11) is 0. The maximum atomic E-state index is 12.5. The molecule has 1 fully saturated rings. The first-order chi connectivity index (χ1) is 11.8. The number of carbonyl (C=O) groups is 1. The molecule has 0 bridgehead atoms. The molecule has 1 aromatic rings. The molecule has 0 radical (unpaired) electrons. The Morgan fingerprint density at radius 1 is 1.12 bits per heavy atom. The number of hydrogen-bond donors (Lipinski definition) is 2. The van der Waals surface area contributed by atoms with Crippen LogP contribution in [-0.2, 0) is 11.3 Å². The lowest BCUT2D eigenvalue weighted by atomic mass is 10.0. The number of hydrogen-bond acceptors (Lipinski definition) is 3. The molecule has 1 amide bonds. The molecule has 1 aliphatic heterocycles. The molecule has 4 heteroatoms. The summed E-state index contributed by atoms with van der Waals surface area (Å²) in [6.45, 7) is 14.6. The van der Waals surface area contributed by atoms with E-state index in [9.17, 15) is 4.79 Å². The van der Waals surface area contributed by atoms with Crippen LogP contribution in [0.5, 0.6) is 0 Å². The predicted octanol–water partition coefficient (Wildman–Crippen LogP) is 3.28. The van der Waals surface area contributed by atoms with Gasteiger partial charge in [0.2, 0.25) is 5.91 Å².